The molecular formula is C18H21N. The molecule has 0 bridgehead atoms. The molecule has 0 amide bonds. The fourth-order valence-corrected chi connectivity index (χ4v) is 2.94. The number of fused-ring (bicyclic) bond motifs is 3. The number of para-hydroxylation sites is 1. The van der Waals surface area contributed by atoms with Crippen LogP contribution in [-0.4, -0.2) is 4.57 Å². The summed E-state index contributed by atoms with van der Waals surface area (Å²) in [6.45, 7) is 6.88. The van der Waals surface area contributed by atoms with Crippen molar-refractivity contribution in [3.05, 3.63) is 48.0 Å². The highest BCUT2D eigenvalue weighted by Gasteiger charge is 2.13. The molecule has 0 N–H and O–H groups in total. The van der Waals surface area contributed by atoms with Crippen LogP contribution in [0.15, 0.2) is 42.5 Å². The minimum atomic E-state index is 0.332. The molecule has 1 aromatic heterocycles. The maximum absolute atomic E-state index is 2.36. The summed E-state index contributed by atoms with van der Waals surface area (Å²) < 4.78 is 2.28. The molecule has 0 radical (unpaired) electrons. The molecule has 0 spiro atoms. The number of nitrogens with zero attached hydrogens (tertiary/aromatic N) is 1. The van der Waals surface area contributed by atoms with E-state index in [-0.39, 0.29) is 0 Å². The van der Waals surface area contributed by atoms with Gasteiger partial charge in [0.15, 0.2) is 0 Å². The van der Waals surface area contributed by atoms with Gasteiger partial charge in [0.05, 0.1) is 0 Å². The second-order valence-electron chi connectivity index (χ2n) is 6.67. The maximum atomic E-state index is 2.36. The van der Waals surface area contributed by atoms with Crippen molar-refractivity contribution < 1.29 is 0 Å². The molecule has 0 aliphatic heterocycles. The Balaban J connectivity index is 2.25. The minimum absolute atomic E-state index is 0.332. The lowest BCUT2D eigenvalue weighted by molar-refractivity contribution is 0.411. The molecule has 3 rings (SSSR count). The van der Waals surface area contributed by atoms with Crippen molar-refractivity contribution >= 4 is 21.8 Å². The minimum Gasteiger partial charge on any atom is -0.344 e. The highest BCUT2D eigenvalue weighted by Crippen LogP contribution is 2.30. The third-order valence-electron chi connectivity index (χ3n) is 3.71. The number of hydrogen-bond donors (Lipinski definition) is 0. The molecule has 0 fully saturated rings. The van der Waals surface area contributed by atoms with E-state index in [9.17, 15) is 0 Å². The van der Waals surface area contributed by atoms with Crippen LogP contribution >= 0.6 is 0 Å². The Morgan fingerprint density at radius 3 is 2.32 bits per heavy atom. The molecule has 0 saturated heterocycles. The Morgan fingerprint density at radius 2 is 1.58 bits per heavy atom. The summed E-state index contributed by atoms with van der Waals surface area (Å²) in [7, 11) is 2.15. The van der Waals surface area contributed by atoms with Gasteiger partial charge in [-0.3, -0.25) is 0 Å². The summed E-state index contributed by atoms with van der Waals surface area (Å²) in [4.78, 5) is 0. The smallest absolute Gasteiger partial charge is 0.0488 e. The lowest BCUT2D eigenvalue weighted by Crippen LogP contribution is -2.08. The van der Waals surface area contributed by atoms with Crippen molar-refractivity contribution in [2.45, 2.75) is 27.2 Å². The Bertz CT molecular complexity index is 741. The summed E-state index contributed by atoms with van der Waals surface area (Å²) >= 11 is 0. The van der Waals surface area contributed by atoms with Crippen LogP contribution in [0.5, 0.6) is 0 Å². The quantitative estimate of drug-likeness (QED) is 0.578. The molecule has 0 unspecified atom stereocenters. The van der Waals surface area contributed by atoms with Gasteiger partial charge in [-0.2, -0.15) is 0 Å². The zero-order valence-corrected chi connectivity index (χ0v) is 12.2. The van der Waals surface area contributed by atoms with Gasteiger partial charge in [0.25, 0.3) is 0 Å². The molecule has 1 heteroatoms. The van der Waals surface area contributed by atoms with E-state index in [1.54, 1.807) is 0 Å². The first-order valence-corrected chi connectivity index (χ1v) is 6.92. The molecule has 98 valence electrons. The van der Waals surface area contributed by atoms with E-state index in [0.717, 1.165) is 6.42 Å². The van der Waals surface area contributed by atoms with Crippen molar-refractivity contribution in [2.75, 3.05) is 0 Å². The van der Waals surface area contributed by atoms with E-state index in [0.29, 0.717) is 5.41 Å². The van der Waals surface area contributed by atoms with Crippen LogP contribution in [0.4, 0.5) is 0 Å². The zero-order valence-electron chi connectivity index (χ0n) is 12.2. The van der Waals surface area contributed by atoms with Gasteiger partial charge in [0.2, 0.25) is 0 Å². The molecule has 0 aliphatic carbocycles. The van der Waals surface area contributed by atoms with Crippen LogP contribution in [0, 0.1) is 5.41 Å². The monoisotopic (exact) mass is 251 g/mol. The van der Waals surface area contributed by atoms with E-state index in [1.165, 1.54) is 27.4 Å². The largest absolute Gasteiger partial charge is 0.344 e. The first-order valence-electron chi connectivity index (χ1n) is 6.92. The third kappa shape index (κ3) is 2.14. The van der Waals surface area contributed by atoms with Crippen LogP contribution in [-0.2, 0) is 13.5 Å². The topological polar surface area (TPSA) is 4.93 Å². The van der Waals surface area contributed by atoms with Gasteiger partial charge in [-0.25, -0.2) is 0 Å². The molecule has 0 atom stereocenters. The highest BCUT2D eigenvalue weighted by molar-refractivity contribution is 6.08. The van der Waals surface area contributed by atoms with Gasteiger partial charge < -0.3 is 4.57 Å². The molecule has 1 nitrogen and oxygen atoms in total. The molecule has 3 aromatic rings. The lowest BCUT2D eigenvalue weighted by Gasteiger charge is -2.18. The van der Waals surface area contributed by atoms with Gasteiger partial charge in [0.1, 0.15) is 0 Å². The van der Waals surface area contributed by atoms with Gasteiger partial charge in [-0.05, 0) is 35.6 Å². The normalized spacial score (nSPS) is 12.4. The number of hydrogen-bond acceptors (Lipinski definition) is 0. The number of benzene rings is 2. The summed E-state index contributed by atoms with van der Waals surface area (Å²) in [5, 5.41) is 2.73. The highest BCUT2D eigenvalue weighted by atomic mass is 14.9. The average Bonchev–Trinajstić information content (AvgIpc) is 2.62. The molecular weight excluding hydrogens is 230 g/mol. The maximum Gasteiger partial charge on any atom is 0.0488 e. The summed E-state index contributed by atoms with van der Waals surface area (Å²) in [5.74, 6) is 0. The summed E-state index contributed by atoms with van der Waals surface area (Å²) in [6.07, 6.45) is 1.12. The molecule has 1 heterocycles. The Morgan fingerprint density at radius 1 is 0.895 bits per heavy atom. The third-order valence-corrected chi connectivity index (χ3v) is 3.71. The fourth-order valence-electron chi connectivity index (χ4n) is 2.94. The Labute approximate surface area is 114 Å². The predicted octanol–water partition coefficient (Wildman–Crippen LogP) is 4.92. The zero-order chi connectivity index (χ0) is 13.6. The van der Waals surface area contributed by atoms with Crippen molar-refractivity contribution in [2.24, 2.45) is 12.5 Å². The first kappa shape index (κ1) is 12.3. The number of aryl methyl sites for hydroxylation is 1. The lowest BCUT2D eigenvalue weighted by atomic mass is 9.88. The van der Waals surface area contributed by atoms with E-state index >= 15 is 0 Å². The molecule has 2 aromatic carbocycles. The first-order chi connectivity index (χ1) is 8.96. The molecule has 0 aliphatic rings. The fraction of sp³-hybridized carbons (Fsp3) is 0.333. The SMILES string of the molecule is Cn1c2ccccc2c2cc(CC(C)(C)C)ccc21. The van der Waals surface area contributed by atoms with Crippen LogP contribution in [0.3, 0.4) is 0 Å². The second-order valence-corrected chi connectivity index (χ2v) is 6.67. The summed E-state index contributed by atoms with van der Waals surface area (Å²) in [5.41, 5.74) is 4.39. The van der Waals surface area contributed by atoms with Crippen LogP contribution in [0.2, 0.25) is 0 Å². The van der Waals surface area contributed by atoms with Crippen LogP contribution < -0.4 is 0 Å². The number of aromatic nitrogens is 1. The molecule has 0 saturated carbocycles. The van der Waals surface area contributed by atoms with Gasteiger partial charge in [-0.1, -0.05) is 45.0 Å². The van der Waals surface area contributed by atoms with Crippen molar-refractivity contribution in [1.82, 2.24) is 4.57 Å². The van der Waals surface area contributed by atoms with Crippen LogP contribution in [0.1, 0.15) is 26.3 Å². The van der Waals surface area contributed by atoms with E-state index in [2.05, 4.69) is 74.9 Å². The summed E-state index contributed by atoms with van der Waals surface area (Å²) in [6, 6.07) is 15.5. The van der Waals surface area contributed by atoms with Crippen molar-refractivity contribution in [1.29, 1.82) is 0 Å². The van der Waals surface area contributed by atoms with Crippen molar-refractivity contribution in [3.63, 3.8) is 0 Å². The van der Waals surface area contributed by atoms with Gasteiger partial charge in [0, 0.05) is 28.9 Å². The van der Waals surface area contributed by atoms with Crippen molar-refractivity contribution in [3.8, 4) is 0 Å². The van der Waals surface area contributed by atoms with Gasteiger partial charge >= 0.3 is 0 Å². The predicted molar refractivity (Wildman–Crippen MR) is 83.6 cm³/mol. The standard InChI is InChI=1S/C18H21N/c1-18(2,3)12-13-9-10-17-15(11-13)14-7-5-6-8-16(14)19(17)4/h5-11H,12H2,1-4H3. The average molecular weight is 251 g/mol. The van der Waals surface area contributed by atoms with E-state index in [1.807, 2.05) is 0 Å². The Kier molecular flexibility index (Phi) is 2.67. The van der Waals surface area contributed by atoms with Gasteiger partial charge in [-0.15, -0.1) is 0 Å². The molecule has 19 heavy (non-hydrogen) atoms. The second kappa shape index (κ2) is 4.12. The Hall–Kier alpha value is -1.76. The van der Waals surface area contributed by atoms with Crippen LogP contribution in [0.25, 0.3) is 21.8 Å². The number of rotatable bonds is 1. The van der Waals surface area contributed by atoms with E-state index < -0.39 is 0 Å². The van der Waals surface area contributed by atoms with E-state index in [4.69, 9.17) is 0 Å².